The van der Waals surface area contributed by atoms with Gasteiger partial charge in [-0.15, -0.1) is 0 Å². The third-order valence-electron chi connectivity index (χ3n) is 0.780. The number of ether oxygens (including phenoxy) is 2. The Morgan fingerprint density at radius 2 is 2.22 bits per heavy atom. The molecule has 0 aromatic rings. The van der Waals surface area contributed by atoms with E-state index in [9.17, 15) is 8.76 Å². The van der Waals surface area contributed by atoms with Crippen molar-refractivity contribution in [1.82, 2.24) is 0 Å². The van der Waals surface area contributed by atoms with E-state index in [2.05, 4.69) is 9.47 Å². The molecule has 0 amide bonds. The van der Waals surface area contributed by atoms with Crippen molar-refractivity contribution < 1.29 is 18.2 Å². The average molecular weight is 153 g/mol. The van der Waals surface area contributed by atoms with Gasteiger partial charge >= 0.3 is 0 Å². The summed E-state index contributed by atoms with van der Waals surface area (Å²) in [7, 11) is 2.73. The third kappa shape index (κ3) is 3.58. The molecule has 0 rings (SSSR count). The molecule has 0 aromatic carbocycles. The number of rotatable bonds is 4. The molecule has 0 radical (unpaired) electrons. The Bertz CT molecular complexity index is 94.6. The zero-order chi connectivity index (χ0) is 7.28. The van der Waals surface area contributed by atoms with Crippen molar-refractivity contribution in [3.8, 4) is 0 Å². The van der Waals surface area contributed by atoms with Crippen molar-refractivity contribution in [3.05, 3.63) is 0 Å². The van der Waals surface area contributed by atoms with Gasteiger partial charge in [0.15, 0.2) is 0 Å². The van der Waals surface area contributed by atoms with Crippen molar-refractivity contribution in [3.63, 3.8) is 0 Å². The summed E-state index contributed by atoms with van der Waals surface area (Å²) < 4.78 is 29.3. The standard InChI is InChI=1S/C4H10O4S/c1-7-3-4(8-2)9(5)6/h4H,3H2,1-2H3,(H,5,6)/p-1. The number of hydrogen-bond donors (Lipinski definition) is 0. The Balaban J connectivity index is 3.54. The molecule has 0 heterocycles. The largest absolute Gasteiger partial charge is 0.770 e. The Morgan fingerprint density at radius 1 is 1.67 bits per heavy atom. The van der Waals surface area contributed by atoms with E-state index >= 15 is 0 Å². The van der Waals surface area contributed by atoms with Crippen LogP contribution in [0.2, 0.25) is 0 Å². The van der Waals surface area contributed by atoms with Gasteiger partial charge in [-0.05, 0) is 11.1 Å². The monoisotopic (exact) mass is 153 g/mol. The van der Waals surface area contributed by atoms with Gasteiger partial charge < -0.3 is 14.0 Å². The Kier molecular flexibility index (Phi) is 4.88. The van der Waals surface area contributed by atoms with Crippen LogP contribution < -0.4 is 0 Å². The first-order valence-corrected chi connectivity index (χ1v) is 3.46. The van der Waals surface area contributed by atoms with Gasteiger partial charge in [-0.2, -0.15) is 0 Å². The lowest BCUT2D eigenvalue weighted by Gasteiger charge is -2.15. The van der Waals surface area contributed by atoms with Crippen molar-refractivity contribution in [1.29, 1.82) is 0 Å². The van der Waals surface area contributed by atoms with Crippen LogP contribution >= 0.6 is 0 Å². The molecule has 56 valence electrons. The lowest BCUT2D eigenvalue weighted by Crippen LogP contribution is -2.22. The van der Waals surface area contributed by atoms with Gasteiger partial charge in [0.05, 0.1) is 6.61 Å². The first kappa shape index (κ1) is 9.03. The molecule has 9 heavy (non-hydrogen) atoms. The van der Waals surface area contributed by atoms with Crippen molar-refractivity contribution >= 4 is 11.1 Å². The van der Waals surface area contributed by atoms with Crippen LogP contribution in [-0.2, 0) is 20.6 Å². The molecule has 2 unspecified atom stereocenters. The number of methoxy groups -OCH3 is 2. The Labute approximate surface area is 56.4 Å². The van der Waals surface area contributed by atoms with Gasteiger partial charge in [-0.1, -0.05) is 0 Å². The van der Waals surface area contributed by atoms with Crippen molar-refractivity contribution in [2.45, 2.75) is 5.44 Å². The second-order valence-electron chi connectivity index (χ2n) is 1.38. The normalized spacial score (nSPS) is 17.2. The molecule has 0 aliphatic rings. The van der Waals surface area contributed by atoms with Gasteiger partial charge in [0.1, 0.15) is 5.44 Å². The molecule has 0 saturated heterocycles. The fraction of sp³-hybridized carbons (Fsp3) is 1.00. The van der Waals surface area contributed by atoms with E-state index in [1.165, 1.54) is 14.2 Å². The average Bonchev–Trinajstić information content (AvgIpc) is 1.82. The highest BCUT2D eigenvalue weighted by molar-refractivity contribution is 7.79. The molecule has 0 N–H and O–H groups in total. The highest BCUT2D eigenvalue weighted by atomic mass is 32.2. The summed E-state index contributed by atoms with van der Waals surface area (Å²) in [5.74, 6) is 0. The molecular weight excluding hydrogens is 144 g/mol. The van der Waals surface area contributed by atoms with E-state index in [-0.39, 0.29) is 6.61 Å². The molecule has 0 fully saturated rings. The fourth-order valence-electron chi connectivity index (χ4n) is 0.338. The van der Waals surface area contributed by atoms with Crippen LogP contribution in [0.4, 0.5) is 0 Å². The third-order valence-corrected chi connectivity index (χ3v) is 1.54. The van der Waals surface area contributed by atoms with E-state index in [1.807, 2.05) is 0 Å². The van der Waals surface area contributed by atoms with Crippen LogP contribution in [-0.4, -0.2) is 35.0 Å². The fourth-order valence-corrected chi connectivity index (χ4v) is 0.743. The predicted octanol–water partition coefficient (Wildman–Crippen LogP) is -0.516. The first-order valence-electron chi connectivity index (χ1n) is 2.32. The summed E-state index contributed by atoms with van der Waals surface area (Å²) in [4.78, 5) is 0. The lowest BCUT2D eigenvalue weighted by molar-refractivity contribution is 0.0739. The summed E-state index contributed by atoms with van der Waals surface area (Å²) in [5.41, 5.74) is -0.838. The van der Waals surface area contributed by atoms with Gasteiger partial charge in [-0.25, -0.2) is 0 Å². The zero-order valence-corrected chi connectivity index (χ0v) is 6.14. The molecule has 0 aliphatic carbocycles. The van der Waals surface area contributed by atoms with E-state index in [1.54, 1.807) is 0 Å². The molecule has 0 saturated carbocycles. The minimum absolute atomic E-state index is 0.0760. The highest BCUT2D eigenvalue weighted by Crippen LogP contribution is 1.93. The van der Waals surface area contributed by atoms with E-state index in [0.717, 1.165) is 0 Å². The summed E-state index contributed by atoms with van der Waals surface area (Å²) >= 11 is -2.20. The second-order valence-corrected chi connectivity index (χ2v) is 2.43. The predicted molar refractivity (Wildman–Crippen MR) is 31.6 cm³/mol. The molecule has 0 aromatic heterocycles. The van der Waals surface area contributed by atoms with Crippen LogP contribution in [0.15, 0.2) is 0 Å². The topological polar surface area (TPSA) is 58.6 Å². The maximum atomic E-state index is 10.1. The minimum atomic E-state index is -2.20. The minimum Gasteiger partial charge on any atom is -0.770 e. The smallest absolute Gasteiger partial charge is 0.142 e. The summed E-state index contributed by atoms with van der Waals surface area (Å²) in [6, 6.07) is 0. The van der Waals surface area contributed by atoms with Crippen molar-refractivity contribution in [2.24, 2.45) is 0 Å². The van der Waals surface area contributed by atoms with Crippen LogP contribution in [0.5, 0.6) is 0 Å². The van der Waals surface area contributed by atoms with Crippen LogP contribution in [0, 0.1) is 0 Å². The SMILES string of the molecule is COCC(OC)S(=O)[O-]. The zero-order valence-electron chi connectivity index (χ0n) is 5.33. The van der Waals surface area contributed by atoms with Crippen LogP contribution in [0.1, 0.15) is 0 Å². The second kappa shape index (κ2) is 4.87. The van der Waals surface area contributed by atoms with E-state index < -0.39 is 16.5 Å². The van der Waals surface area contributed by atoms with Gasteiger partial charge in [0.25, 0.3) is 0 Å². The summed E-state index contributed by atoms with van der Waals surface area (Å²) in [5, 5.41) is 0. The first-order chi connectivity index (χ1) is 4.22. The lowest BCUT2D eigenvalue weighted by atomic mass is 10.8. The Hall–Kier alpha value is 0.0300. The van der Waals surface area contributed by atoms with Crippen LogP contribution in [0.25, 0.3) is 0 Å². The molecule has 0 aliphatic heterocycles. The molecule has 5 heteroatoms. The van der Waals surface area contributed by atoms with E-state index in [0.29, 0.717) is 0 Å². The van der Waals surface area contributed by atoms with Crippen molar-refractivity contribution in [2.75, 3.05) is 20.8 Å². The molecule has 0 spiro atoms. The molecule has 2 atom stereocenters. The maximum Gasteiger partial charge on any atom is 0.142 e. The summed E-state index contributed by atoms with van der Waals surface area (Å²) in [6.45, 7) is 0.0760. The van der Waals surface area contributed by atoms with Gasteiger partial charge in [0.2, 0.25) is 0 Å². The maximum absolute atomic E-state index is 10.1. The van der Waals surface area contributed by atoms with Gasteiger partial charge in [0, 0.05) is 14.2 Å². The summed E-state index contributed by atoms with van der Waals surface area (Å²) in [6.07, 6.45) is 0. The number of hydrogen-bond acceptors (Lipinski definition) is 4. The molecule has 0 bridgehead atoms. The van der Waals surface area contributed by atoms with Crippen LogP contribution in [0.3, 0.4) is 0 Å². The molecule has 4 nitrogen and oxygen atoms in total. The van der Waals surface area contributed by atoms with Gasteiger partial charge in [-0.3, -0.25) is 4.21 Å². The Morgan fingerprint density at radius 3 is 2.33 bits per heavy atom. The van der Waals surface area contributed by atoms with E-state index in [4.69, 9.17) is 0 Å². The highest BCUT2D eigenvalue weighted by Gasteiger charge is 2.04. The molecular formula is C4H9O4S-. The quantitative estimate of drug-likeness (QED) is 0.510.